The van der Waals surface area contributed by atoms with E-state index in [9.17, 15) is 9.18 Å². The summed E-state index contributed by atoms with van der Waals surface area (Å²) in [5.41, 5.74) is 1.00. The van der Waals surface area contributed by atoms with Gasteiger partial charge in [-0.05, 0) is 46.6 Å². The second kappa shape index (κ2) is 6.41. The minimum atomic E-state index is -0.512. The molecular formula is C14H13BrClFN2O. The molecule has 0 radical (unpaired) electrons. The molecule has 0 saturated carbocycles. The number of rotatable bonds is 4. The van der Waals surface area contributed by atoms with Gasteiger partial charge in [0, 0.05) is 22.9 Å². The monoisotopic (exact) mass is 358 g/mol. The molecule has 1 heterocycles. The molecule has 6 heteroatoms. The van der Waals surface area contributed by atoms with Crippen LogP contribution in [0, 0.1) is 5.82 Å². The van der Waals surface area contributed by atoms with Gasteiger partial charge in [-0.1, -0.05) is 18.5 Å². The zero-order valence-electron chi connectivity index (χ0n) is 10.8. The van der Waals surface area contributed by atoms with Crippen LogP contribution in [0.4, 0.5) is 10.1 Å². The first-order valence-electron chi connectivity index (χ1n) is 6.13. The molecule has 3 nitrogen and oxygen atoms in total. The molecule has 2 aromatic rings. The quantitative estimate of drug-likeness (QED) is 0.843. The van der Waals surface area contributed by atoms with Crippen molar-refractivity contribution in [2.24, 2.45) is 0 Å². The molecule has 0 aliphatic rings. The van der Waals surface area contributed by atoms with Crippen molar-refractivity contribution in [2.45, 2.75) is 19.9 Å². The van der Waals surface area contributed by atoms with Gasteiger partial charge in [-0.3, -0.25) is 4.79 Å². The Morgan fingerprint density at radius 3 is 2.85 bits per heavy atom. The van der Waals surface area contributed by atoms with Gasteiger partial charge in [0.25, 0.3) is 5.91 Å². The SMILES string of the molecule is CCCn1cc(Br)cc1C(=O)Nc1ccc(F)c(Cl)c1. The molecule has 1 aromatic heterocycles. The Balaban J connectivity index is 2.21. The van der Waals surface area contributed by atoms with E-state index in [4.69, 9.17) is 11.6 Å². The largest absolute Gasteiger partial charge is 0.342 e. The highest BCUT2D eigenvalue weighted by atomic mass is 79.9. The number of hydrogen-bond acceptors (Lipinski definition) is 1. The molecule has 2 rings (SSSR count). The smallest absolute Gasteiger partial charge is 0.272 e. The number of hydrogen-bond donors (Lipinski definition) is 1. The van der Waals surface area contributed by atoms with E-state index in [1.54, 1.807) is 6.07 Å². The van der Waals surface area contributed by atoms with Crippen molar-refractivity contribution in [2.75, 3.05) is 5.32 Å². The van der Waals surface area contributed by atoms with E-state index in [1.807, 2.05) is 17.7 Å². The first-order chi connectivity index (χ1) is 9.51. The fourth-order valence-corrected chi connectivity index (χ4v) is 2.50. The Kier molecular flexibility index (Phi) is 4.83. The number of halogens is 3. The van der Waals surface area contributed by atoms with Gasteiger partial charge in [-0.15, -0.1) is 0 Å². The second-order valence-electron chi connectivity index (χ2n) is 4.32. The van der Waals surface area contributed by atoms with Gasteiger partial charge in [-0.2, -0.15) is 0 Å². The summed E-state index contributed by atoms with van der Waals surface area (Å²) in [6, 6.07) is 5.83. The number of anilines is 1. The number of aryl methyl sites for hydroxylation is 1. The van der Waals surface area contributed by atoms with Crippen LogP contribution in [0.15, 0.2) is 34.9 Å². The van der Waals surface area contributed by atoms with E-state index < -0.39 is 5.82 Å². The molecule has 0 atom stereocenters. The Bertz CT molecular complexity index is 642. The molecule has 20 heavy (non-hydrogen) atoms. The van der Waals surface area contributed by atoms with Crippen LogP contribution in [0.5, 0.6) is 0 Å². The molecular weight excluding hydrogens is 347 g/mol. The predicted octanol–water partition coefficient (Wildman–Crippen LogP) is 4.71. The molecule has 0 spiro atoms. The van der Waals surface area contributed by atoms with E-state index in [0.29, 0.717) is 11.4 Å². The highest BCUT2D eigenvalue weighted by molar-refractivity contribution is 9.10. The fraction of sp³-hybridized carbons (Fsp3) is 0.214. The summed E-state index contributed by atoms with van der Waals surface area (Å²) in [4.78, 5) is 12.2. The average molecular weight is 360 g/mol. The minimum Gasteiger partial charge on any atom is -0.342 e. The van der Waals surface area contributed by atoms with E-state index in [-0.39, 0.29) is 10.9 Å². The van der Waals surface area contributed by atoms with Gasteiger partial charge < -0.3 is 9.88 Å². The van der Waals surface area contributed by atoms with Crippen LogP contribution in [0.25, 0.3) is 0 Å². The Morgan fingerprint density at radius 2 is 2.20 bits per heavy atom. The van der Waals surface area contributed by atoms with Gasteiger partial charge in [0.15, 0.2) is 0 Å². The van der Waals surface area contributed by atoms with E-state index >= 15 is 0 Å². The summed E-state index contributed by atoms with van der Waals surface area (Å²) >= 11 is 9.05. The first-order valence-corrected chi connectivity index (χ1v) is 7.30. The predicted molar refractivity (Wildman–Crippen MR) is 81.8 cm³/mol. The highest BCUT2D eigenvalue weighted by Gasteiger charge is 2.13. The molecule has 0 fully saturated rings. The summed E-state index contributed by atoms with van der Waals surface area (Å²) < 4.78 is 15.8. The van der Waals surface area contributed by atoms with Crippen LogP contribution >= 0.6 is 27.5 Å². The third-order valence-corrected chi connectivity index (χ3v) is 3.46. The topological polar surface area (TPSA) is 34.0 Å². The standard InChI is InChI=1S/C14H13BrClFN2O/c1-2-5-19-8-9(15)6-13(19)14(20)18-10-3-4-12(17)11(16)7-10/h3-4,6-8H,2,5H2,1H3,(H,18,20). The van der Waals surface area contributed by atoms with Gasteiger partial charge in [0.05, 0.1) is 5.02 Å². The molecule has 0 saturated heterocycles. The van der Waals surface area contributed by atoms with Gasteiger partial charge in [0.1, 0.15) is 11.5 Å². The van der Waals surface area contributed by atoms with Crippen LogP contribution in [0.1, 0.15) is 23.8 Å². The van der Waals surface area contributed by atoms with Crippen LogP contribution in [-0.2, 0) is 6.54 Å². The molecule has 0 aliphatic carbocycles. The maximum absolute atomic E-state index is 13.1. The van der Waals surface area contributed by atoms with Crippen molar-refractivity contribution in [1.82, 2.24) is 4.57 Å². The third-order valence-electron chi connectivity index (χ3n) is 2.74. The van der Waals surface area contributed by atoms with Crippen molar-refractivity contribution < 1.29 is 9.18 Å². The lowest BCUT2D eigenvalue weighted by atomic mass is 10.3. The minimum absolute atomic E-state index is 0.0204. The van der Waals surface area contributed by atoms with Crippen LogP contribution in [0.2, 0.25) is 5.02 Å². The molecule has 106 valence electrons. The molecule has 0 bridgehead atoms. The zero-order valence-corrected chi connectivity index (χ0v) is 13.1. The summed E-state index contributed by atoms with van der Waals surface area (Å²) in [7, 11) is 0. The molecule has 1 N–H and O–H groups in total. The maximum atomic E-state index is 13.1. The Hall–Kier alpha value is -1.33. The number of carbonyl (C=O) groups is 1. The lowest BCUT2D eigenvalue weighted by molar-refractivity contribution is 0.101. The van der Waals surface area contributed by atoms with Gasteiger partial charge in [-0.25, -0.2) is 4.39 Å². The summed E-state index contributed by atoms with van der Waals surface area (Å²) in [6.45, 7) is 2.79. The third kappa shape index (κ3) is 3.41. The maximum Gasteiger partial charge on any atom is 0.272 e. The zero-order chi connectivity index (χ0) is 14.7. The summed E-state index contributed by atoms with van der Waals surface area (Å²) in [6.07, 6.45) is 2.78. The van der Waals surface area contributed by atoms with E-state index in [2.05, 4.69) is 21.2 Å². The normalized spacial score (nSPS) is 10.6. The average Bonchev–Trinajstić information content (AvgIpc) is 2.75. The van der Waals surface area contributed by atoms with Crippen molar-refractivity contribution in [3.05, 3.63) is 51.5 Å². The van der Waals surface area contributed by atoms with Crippen molar-refractivity contribution in [3.8, 4) is 0 Å². The molecule has 0 unspecified atom stereocenters. The number of amides is 1. The number of benzene rings is 1. The Labute approximate surface area is 129 Å². The van der Waals surface area contributed by atoms with E-state index in [0.717, 1.165) is 17.4 Å². The van der Waals surface area contributed by atoms with Crippen LogP contribution in [-0.4, -0.2) is 10.5 Å². The van der Waals surface area contributed by atoms with Crippen LogP contribution < -0.4 is 5.32 Å². The van der Waals surface area contributed by atoms with Gasteiger partial charge >= 0.3 is 0 Å². The fourth-order valence-electron chi connectivity index (χ4n) is 1.86. The highest BCUT2D eigenvalue weighted by Crippen LogP contribution is 2.21. The lowest BCUT2D eigenvalue weighted by Crippen LogP contribution is -2.16. The molecule has 0 aliphatic heterocycles. The van der Waals surface area contributed by atoms with Crippen LogP contribution in [0.3, 0.4) is 0 Å². The van der Waals surface area contributed by atoms with Gasteiger partial charge in [0.2, 0.25) is 0 Å². The molecule has 1 amide bonds. The first kappa shape index (κ1) is 15.1. The number of nitrogens with one attached hydrogen (secondary N) is 1. The van der Waals surface area contributed by atoms with Crippen molar-refractivity contribution >= 4 is 39.1 Å². The summed E-state index contributed by atoms with van der Waals surface area (Å²) in [5.74, 6) is -0.770. The van der Waals surface area contributed by atoms with E-state index in [1.165, 1.54) is 18.2 Å². The lowest BCUT2D eigenvalue weighted by Gasteiger charge is -2.09. The van der Waals surface area contributed by atoms with Crippen molar-refractivity contribution in [3.63, 3.8) is 0 Å². The van der Waals surface area contributed by atoms with Crippen molar-refractivity contribution in [1.29, 1.82) is 0 Å². The number of carbonyl (C=O) groups excluding carboxylic acids is 1. The number of aromatic nitrogens is 1. The Morgan fingerprint density at radius 1 is 1.45 bits per heavy atom. The number of nitrogens with zero attached hydrogens (tertiary/aromatic N) is 1. The molecule has 1 aromatic carbocycles. The summed E-state index contributed by atoms with van der Waals surface area (Å²) in [5, 5.41) is 2.69. The second-order valence-corrected chi connectivity index (χ2v) is 5.64.